The number of amides is 2. The van der Waals surface area contributed by atoms with Crippen molar-refractivity contribution in [3.8, 4) is 5.75 Å². The Bertz CT molecular complexity index is 1160. The van der Waals surface area contributed by atoms with Gasteiger partial charge in [-0.3, -0.25) is 9.59 Å². The monoisotopic (exact) mass is 541 g/mol. The van der Waals surface area contributed by atoms with E-state index in [1.54, 1.807) is 31.2 Å². The van der Waals surface area contributed by atoms with Gasteiger partial charge < -0.3 is 30.0 Å². The van der Waals surface area contributed by atoms with Crippen molar-refractivity contribution >= 4 is 45.2 Å². The number of benzene rings is 1. The quantitative estimate of drug-likeness (QED) is 0.221. The summed E-state index contributed by atoms with van der Waals surface area (Å²) in [6, 6.07) is 6.57. The molecule has 2 N–H and O–H groups in total. The number of hydrogen-bond donors (Lipinski definition) is 2. The molecule has 15 heteroatoms. The van der Waals surface area contributed by atoms with Crippen molar-refractivity contribution in [1.82, 2.24) is 30.6 Å². The first-order chi connectivity index (χ1) is 15.7. The van der Waals surface area contributed by atoms with Crippen LogP contribution in [0.1, 0.15) is 22.2 Å². The van der Waals surface area contributed by atoms with Crippen LogP contribution in [0.25, 0.3) is 0 Å². The molecule has 3 rings (SSSR count). The van der Waals surface area contributed by atoms with Crippen LogP contribution in [0.5, 0.6) is 5.75 Å². The van der Waals surface area contributed by atoms with Crippen LogP contribution in [0.15, 0.2) is 33.3 Å². The van der Waals surface area contributed by atoms with E-state index in [-0.39, 0.29) is 54.2 Å². The van der Waals surface area contributed by atoms with Gasteiger partial charge in [-0.05, 0) is 52.0 Å². The number of carbonyl (C=O) groups is 2. The summed E-state index contributed by atoms with van der Waals surface area (Å²) in [7, 11) is 0. The van der Waals surface area contributed by atoms with Gasteiger partial charge in [-0.15, -0.1) is 0 Å². The summed E-state index contributed by atoms with van der Waals surface area (Å²) >= 11 is 8.89. The third-order valence-electron chi connectivity index (χ3n) is 4.16. The number of nitrogens with zero attached hydrogens (tertiary/aromatic N) is 5. The Labute approximate surface area is 199 Å². The molecular weight excluding hydrogens is 526 g/mol. The fourth-order valence-corrected chi connectivity index (χ4v) is 3.06. The molecule has 13 nitrogen and oxygen atoms in total. The standard InChI is InChI=1S/C18H17BrClN7O6/c1-10-15(19)16(27(30)31)24-26(10)8-13-23-18(33-25-13)17(29)22-7-6-21-14(28)9-32-12-4-2-11(20)3-5-12/h2-5H,6-9H2,1H3,(H,21,28)(H,22,29). The molecule has 0 aliphatic carbocycles. The second kappa shape index (κ2) is 10.9. The number of nitrogens with one attached hydrogen (secondary N) is 2. The smallest absolute Gasteiger partial charge is 0.404 e. The first kappa shape index (κ1) is 24.1. The normalized spacial score (nSPS) is 10.6. The van der Waals surface area contributed by atoms with Crippen molar-refractivity contribution in [1.29, 1.82) is 0 Å². The fraction of sp³-hybridized carbons (Fsp3) is 0.278. The minimum atomic E-state index is -0.634. The molecule has 0 saturated heterocycles. The molecule has 0 spiro atoms. The highest BCUT2D eigenvalue weighted by molar-refractivity contribution is 9.10. The van der Waals surface area contributed by atoms with Gasteiger partial charge in [0.2, 0.25) is 0 Å². The minimum Gasteiger partial charge on any atom is -0.484 e. The Kier molecular flexibility index (Phi) is 7.95. The van der Waals surface area contributed by atoms with Crippen molar-refractivity contribution in [3.05, 3.63) is 61.3 Å². The molecule has 0 radical (unpaired) electrons. The van der Waals surface area contributed by atoms with Crippen molar-refractivity contribution in [2.24, 2.45) is 0 Å². The van der Waals surface area contributed by atoms with Gasteiger partial charge in [-0.2, -0.15) is 9.67 Å². The third-order valence-corrected chi connectivity index (χ3v) is 5.34. The Balaban J connectivity index is 1.41. The van der Waals surface area contributed by atoms with Crippen LogP contribution in [0, 0.1) is 17.0 Å². The van der Waals surface area contributed by atoms with Gasteiger partial charge in [0.1, 0.15) is 16.8 Å². The van der Waals surface area contributed by atoms with Crippen LogP contribution >= 0.6 is 27.5 Å². The summed E-state index contributed by atoms with van der Waals surface area (Å²) < 4.78 is 11.8. The molecule has 0 aliphatic rings. The van der Waals surface area contributed by atoms with Crippen molar-refractivity contribution in [2.45, 2.75) is 13.5 Å². The predicted molar refractivity (Wildman–Crippen MR) is 117 cm³/mol. The van der Waals surface area contributed by atoms with E-state index < -0.39 is 10.8 Å². The lowest BCUT2D eigenvalue weighted by Crippen LogP contribution is -2.36. The molecule has 0 aliphatic heterocycles. The molecular formula is C18H17BrClN7O6. The highest BCUT2D eigenvalue weighted by Gasteiger charge is 2.25. The Hall–Kier alpha value is -3.52. The maximum Gasteiger partial charge on any atom is 0.404 e. The van der Waals surface area contributed by atoms with Crippen LogP contribution in [0.4, 0.5) is 5.82 Å². The summed E-state index contributed by atoms with van der Waals surface area (Å²) in [6.45, 7) is 1.68. The Morgan fingerprint density at radius 3 is 2.64 bits per heavy atom. The van der Waals surface area contributed by atoms with Crippen LogP contribution < -0.4 is 15.4 Å². The summed E-state index contributed by atoms with van der Waals surface area (Å²) in [5.74, 6) is -1.02. The number of hydrogen-bond acceptors (Lipinski definition) is 9. The van der Waals surface area contributed by atoms with Gasteiger partial charge >= 0.3 is 17.6 Å². The van der Waals surface area contributed by atoms with E-state index in [1.165, 1.54) is 4.68 Å². The zero-order valence-corrected chi connectivity index (χ0v) is 19.4. The highest BCUT2D eigenvalue weighted by atomic mass is 79.9. The molecule has 174 valence electrons. The SMILES string of the molecule is Cc1c(Br)c([N+](=O)[O-])nn1Cc1noc(C(=O)NCCNC(=O)COc2ccc(Cl)cc2)n1. The lowest BCUT2D eigenvalue weighted by atomic mass is 10.3. The molecule has 0 unspecified atom stereocenters. The number of halogens is 2. The second-order valence-electron chi connectivity index (χ2n) is 6.50. The molecule has 3 aromatic rings. The molecule has 33 heavy (non-hydrogen) atoms. The van der Waals surface area contributed by atoms with E-state index in [0.717, 1.165) is 0 Å². The van der Waals surface area contributed by atoms with Gasteiger partial charge in [0, 0.05) is 18.1 Å². The zero-order valence-electron chi connectivity index (χ0n) is 17.1. The Morgan fingerprint density at radius 1 is 1.27 bits per heavy atom. The maximum absolute atomic E-state index is 12.1. The number of aromatic nitrogens is 4. The maximum atomic E-state index is 12.1. The molecule has 0 saturated carbocycles. The van der Waals surface area contributed by atoms with E-state index in [4.69, 9.17) is 20.9 Å². The van der Waals surface area contributed by atoms with Gasteiger partial charge in [0.15, 0.2) is 12.4 Å². The molecule has 2 heterocycles. The number of carbonyl (C=O) groups excluding carboxylic acids is 2. The molecule has 1 aromatic carbocycles. The Morgan fingerprint density at radius 2 is 1.97 bits per heavy atom. The fourth-order valence-electron chi connectivity index (χ4n) is 2.51. The summed E-state index contributed by atoms with van der Waals surface area (Å²) in [5, 5.41) is 24.2. The van der Waals surface area contributed by atoms with Gasteiger partial charge in [-0.1, -0.05) is 16.8 Å². The van der Waals surface area contributed by atoms with Crippen LogP contribution in [0.2, 0.25) is 5.02 Å². The number of nitro groups is 1. The topological polar surface area (TPSA) is 167 Å². The average Bonchev–Trinajstić information content (AvgIpc) is 3.36. The average molecular weight is 543 g/mol. The lowest BCUT2D eigenvalue weighted by Gasteiger charge is -2.07. The zero-order chi connectivity index (χ0) is 24.0. The lowest BCUT2D eigenvalue weighted by molar-refractivity contribution is -0.390. The molecule has 2 amide bonds. The van der Waals surface area contributed by atoms with Crippen molar-refractivity contribution in [3.63, 3.8) is 0 Å². The third kappa shape index (κ3) is 6.49. The summed E-state index contributed by atoms with van der Waals surface area (Å²) in [5.41, 5.74) is 0.494. The first-order valence-corrected chi connectivity index (χ1v) is 10.5. The number of rotatable bonds is 10. The van der Waals surface area contributed by atoms with E-state index in [0.29, 0.717) is 16.5 Å². The first-order valence-electron chi connectivity index (χ1n) is 9.37. The number of ether oxygens (including phenoxy) is 1. The van der Waals surface area contributed by atoms with Gasteiger partial charge in [-0.25, -0.2) is 0 Å². The van der Waals surface area contributed by atoms with E-state index in [1.807, 2.05) is 0 Å². The predicted octanol–water partition coefficient (Wildman–Crippen LogP) is 1.87. The van der Waals surface area contributed by atoms with Gasteiger partial charge in [0.05, 0.1) is 10.8 Å². The summed E-state index contributed by atoms with van der Waals surface area (Å²) in [4.78, 5) is 38.2. The molecule has 0 atom stereocenters. The molecule has 2 aromatic heterocycles. The second-order valence-corrected chi connectivity index (χ2v) is 7.73. The van der Waals surface area contributed by atoms with E-state index in [9.17, 15) is 19.7 Å². The van der Waals surface area contributed by atoms with Crippen molar-refractivity contribution < 1.29 is 23.8 Å². The minimum absolute atomic E-state index is 0.0290. The van der Waals surface area contributed by atoms with Crippen LogP contribution in [-0.2, 0) is 11.3 Å². The van der Waals surface area contributed by atoms with Crippen molar-refractivity contribution in [2.75, 3.05) is 19.7 Å². The van der Waals surface area contributed by atoms with E-state index in [2.05, 4.69) is 41.8 Å². The highest BCUT2D eigenvalue weighted by Crippen LogP contribution is 2.27. The van der Waals surface area contributed by atoms with Gasteiger partial charge in [0.25, 0.3) is 5.91 Å². The largest absolute Gasteiger partial charge is 0.484 e. The summed E-state index contributed by atoms with van der Waals surface area (Å²) in [6.07, 6.45) is 0. The van der Waals surface area contributed by atoms with Crippen LogP contribution in [0.3, 0.4) is 0 Å². The van der Waals surface area contributed by atoms with Crippen LogP contribution in [-0.4, -0.2) is 56.4 Å². The molecule has 0 fully saturated rings. The molecule has 0 bridgehead atoms. The van der Waals surface area contributed by atoms with E-state index >= 15 is 0 Å².